The molecular weight excluding hydrogens is 156 g/mol. The van der Waals surface area contributed by atoms with Crippen LogP contribution in [0.1, 0.15) is 0 Å². The molecule has 1 aromatic heterocycles. The van der Waals surface area contributed by atoms with Crippen molar-refractivity contribution < 1.29 is 9.84 Å². The number of hydrogen-bond acceptors (Lipinski definition) is 3. The number of hydrogen-bond donors (Lipinski definition) is 1. The lowest BCUT2D eigenvalue weighted by Gasteiger charge is -1.99. The Morgan fingerprint density at radius 2 is 2.25 bits per heavy atom. The molecule has 1 heterocycles. The predicted octanol–water partition coefficient (Wildman–Crippen LogP) is 0.574. The molecule has 2 rings (SSSR count). The SMILES string of the molecule is [O-][n+]1ccnc2cc(O)ccc21. The van der Waals surface area contributed by atoms with E-state index in [0.717, 1.165) is 0 Å². The van der Waals surface area contributed by atoms with Crippen molar-refractivity contribution in [1.82, 2.24) is 4.98 Å². The molecule has 0 spiro atoms. The first-order valence-corrected chi connectivity index (χ1v) is 3.44. The lowest BCUT2D eigenvalue weighted by atomic mass is 10.3. The molecule has 0 unspecified atom stereocenters. The Hall–Kier alpha value is -1.84. The molecule has 12 heavy (non-hydrogen) atoms. The highest BCUT2D eigenvalue weighted by Gasteiger charge is 2.03. The van der Waals surface area contributed by atoms with Gasteiger partial charge in [-0.15, -0.1) is 0 Å². The summed E-state index contributed by atoms with van der Waals surface area (Å²) in [6.45, 7) is 0. The molecule has 0 bridgehead atoms. The third kappa shape index (κ3) is 0.934. The number of rotatable bonds is 0. The molecule has 4 nitrogen and oxygen atoms in total. The van der Waals surface area contributed by atoms with Crippen LogP contribution in [0.2, 0.25) is 0 Å². The fourth-order valence-electron chi connectivity index (χ4n) is 1.06. The molecule has 0 amide bonds. The van der Waals surface area contributed by atoms with Crippen molar-refractivity contribution >= 4 is 11.0 Å². The summed E-state index contributed by atoms with van der Waals surface area (Å²) in [4.78, 5) is 3.92. The van der Waals surface area contributed by atoms with Gasteiger partial charge in [-0.2, -0.15) is 4.73 Å². The van der Waals surface area contributed by atoms with Crippen molar-refractivity contribution in [2.75, 3.05) is 0 Å². The third-order valence-electron chi connectivity index (χ3n) is 1.61. The van der Waals surface area contributed by atoms with E-state index in [2.05, 4.69) is 4.98 Å². The van der Waals surface area contributed by atoms with Crippen LogP contribution in [-0.4, -0.2) is 10.1 Å². The molecule has 0 aliphatic rings. The summed E-state index contributed by atoms with van der Waals surface area (Å²) in [6.07, 6.45) is 2.72. The molecule has 2 aromatic rings. The van der Waals surface area contributed by atoms with Crippen LogP contribution in [-0.2, 0) is 0 Å². The van der Waals surface area contributed by atoms with E-state index in [-0.39, 0.29) is 5.75 Å². The molecule has 0 aliphatic carbocycles. The summed E-state index contributed by atoms with van der Waals surface area (Å²) in [7, 11) is 0. The monoisotopic (exact) mass is 162 g/mol. The van der Waals surface area contributed by atoms with Gasteiger partial charge in [0.15, 0.2) is 6.20 Å². The Kier molecular flexibility index (Phi) is 1.33. The Bertz CT molecular complexity index is 428. The van der Waals surface area contributed by atoms with E-state index < -0.39 is 0 Å². The zero-order valence-electron chi connectivity index (χ0n) is 6.14. The quantitative estimate of drug-likeness (QED) is 0.455. The molecule has 1 aromatic carbocycles. The first-order valence-electron chi connectivity index (χ1n) is 3.44. The molecule has 4 heteroatoms. The predicted molar refractivity (Wildman–Crippen MR) is 42.4 cm³/mol. The van der Waals surface area contributed by atoms with Gasteiger partial charge >= 0.3 is 0 Å². The van der Waals surface area contributed by atoms with Gasteiger partial charge in [-0.05, 0) is 6.07 Å². The van der Waals surface area contributed by atoms with Gasteiger partial charge in [-0.1, -0.05) is 0 Å². The average Bonchev–Trinajstić information content (AvgIpc) is 2.04. The van der Waals surface area contributed by atoms with E-state index in [1.54, 1.807) is 0 Å². The number of phenols is 1. The highest BCUT2D eigenvalue weighted by atomic mass is 16.5. The highest BCUT2D eigenvalue weighted by molar-refractivity contribution is 5.72. The van der Waals surface area contributed by atoms with Crippen LogP contribution in [0, 0.1) is 5.21 Å². The van der Waals surface area contributed by atoms with E-state index in [1.165, 1.54) is 30.6 Å². The van der Waals surface area contributed by atoms with Gasteiger partial charge in [0.1, 0.15) is 11.3 Å². The van der Waals surface area contributed by atoms with E-state index in [9.17, 15) is 5.21 Å². The van der Waals surface area contributed by atoms with Gasteiger partial charge in [-0.3, -0.25) is 0 Å². The van der Waals surface area contributed by atoms with Gasteiger partial charge in [0.2, 0.25) is 5.52 Å². The maximum atomic E-state index is 11.1. The van der Waals surface area contributed by atoms with Gasteiger partial charge < -0.3 is 10.3 Å². The van der Waals surface area contributed by atoms with Crippen LogP contribution >= 0.6 is 0 Å². The van der Waals surface area contributed by atoms with Crippen LogP contribution in [0.5, 0.6) is 5.75 Å². The lowest BCUT2D eigenvalue weighted by Crippen LogP contribution is -2.26. The Morgan fingerprint density at radius 1 is 1.42 bits per heavy atom. The largest absolute Gasteiger partial charge is 0.618 e. The third-order valence-corrected chi connectivity index (χ3v) is 1.61. The molecule has 0 aliphatic heterocycles. The van der Waals surface area contributed by atoms with E-state index in [0.29, 0.717) is 15.8 Å². The zero-order chi connectivity index (χ0) is 8.55. The van der Waals surface area contributed by atoms with Crippen LogP contribution in [0.4, 0.5) is 0 Å². The van der Waals surface area contributed by atoms with Crippen molar-refractivity contribution in [3.8, 4) is 5.75 Å². The Labute approximate surface area is 68.3 Å². The molecule has 0 fully saturated rings. The fraction of sp³-hybridized carbons (Fsp3) is 0. The average molecular weight is 162 g/mol. The van der Waals surface area contributed by atoms with Gasteiger partial charge in [0.25, 0.3) is 0 Å². The smallest absolute Gasteiger partial charge is 0.242 e. The second kappa shape index (κ2) is 2.34. The summed E-state index contributed by atoms with van der Waals surface area (Å²) in [6, 6.07) is 4.44. The summed E-state index contributed by atoms with van der Waals surface area (Å²) in [5.74, 6) is 0.112. The van der Waals surface area contributed by atoms with Crippen LogP contribution in [0.3, 0.4) is 0 Å². The summed E-state index contributed by atoms with van der Waals surface area (Å²) < 4.78 is 0.710. The normalized spacial score (nSPS) is 10.3. The van der Waals surface area contributed by atoms with Crippen molar-refractivity contribution in [3.05, 3.63) is 35.8 Å². The summed E-state index contributed by atoms with van der Waals surface area (Å²) >= 11 is 0. The molecule has 0 atom stereocenters. The first kappa shape index (κ1) is 6.84. The van der Waals surface area contributed by atoms with Gasteiger partial charge in [0, 0.05) is 12.1 Å². The number of aromatic hydroxyl groups is 1. The Morgan fingerprint density at radius 3 is 3.08 bits per heavy atom. The topological polar surface area (TPSA) is 60.1 Å². The maximum Gasteiger partial charge on any atom is 0.242 e. The van der Waals surface area contributed by atoms with Crippen LogP contribution in [0.25, 0.3) is 11.0 Å². The maximum absolute atomic E-state index is 11.1. The summed E-state index contributed by atoms with van der Waals surface area (Å²) in [5, 5.41) is 20.2. The van der Waals surface area contributed by atoms with Gasteiger partial charge in [0.05, 0.1) is 6.20 Å². The zero-order valence-corrected chi connectivity index (χ0v) is 6.14. The van der Waals surface area contributed by atoms with Crippen molar-refractivity contribution in [2.24, 2.45) is 0 Å². The molecule has 0 radical (unpaired) electrons. The van der Waals surface area contributed by atoms with Crippen molar-refractivity contribution in [2.45, 2.75) is 0 Å². The molecule has 60 valence electrons. The number of phenolic OH excluding ortho intramolecular Hbond substituents is 1. The Balaban J connectivity index is 2.86. The lowest BCUT2D eigenvalue weighted by molar-refractivity contribution is -0.577. The van der Waals surface area contributed by atoms with Crippen LogP contribution in [0.15, 0.2) is 30.6 Å². The van der Waals surface area contributed by atoms with Crippen LogP contribution < -0.4 is 4.73 Å². The molecule has 0 saturated heterocycles. The number of benzene rings is 1. The van der Waals surface area contributed by atoms with Crippen molar-refractivity contribution in [1.29, 1.82) is 0 Å². The minimum atomic E-state index is 0.112. The van der Waals surface area contributed by atoms with Crippen molar-refractivity contribution in [3.63, 3.8) is 0 Å². The minimum absolute atomic E-state index is 0.112. The second-order valence-electron chi connectivity index (χ2n) is 2.43. The summed E-state index contributed by atoms with van der Waals surface area (Å²) in [5.41, 5.74) is 0.947. The van der Waals surface area contributed by atoms with E-state index in [4.69, 9.17) is 5.11 Å². The standard InChI is InChI=1S/C8H6N2O2/c11-6-1-2-8-7(5-6)9-3-4-10(8)12/h1-5,11H. The van der Waals surface area contributed by atoms with E-state index in [1.807, 2.05) is 0 Å². The number of nitrogens with zero attached hydrogens (tertiary/aromatic N) is 2. The van der Waals surface area contributed by atoms with E-state index >= 15 is 0 Å². The second-order valence-corrected chi connectivity index (χ2v) is 2.43. The molecular formula is C8H6N2O2. The molecule has 1 N–H and O–H groups in total. The number of aromatic nitrogens is 2. The first-order chi connectivity index (χ1) is 5.77. The highest BCUT2D eigenvalue weighted by Crippen LogP contribution is 2.13. The number of fused-ring (bicyclic) bond motifs is 1. The fourth-order valence-corrected chi connectivity index (χ4v) is 1.06. The van der Waals surface area contributed by atoms with Gasteiger partial charge in [-0.25, -0.2) is 4.98 Å². The minimum Gasteiger partial charge on any atom is -0.618 e. The molecule has 0 saturated carbocycles.